The number of aromatic nitrogens is 2. The van der Waals surface area contributed by atoms with Gasteiger partial charge in [-0.3, -0.25) is 0 Å². The minimum absolute atomic E-state index is 0.0980. The maximum absolute atomic E-state index is 12.9. The monoisotopic (exact) mass is 347 g/mol. The normalized spacial score (nSPS) is 19.2. The summed E-state index contributed by atoms with van der Waals surface area (Å²) in [6.45, 7) is 2.81. The van der Waals surface area contributed by atoms with Gasteiger partial charge in [0.25, 0.3) is 0 Å². The number of nitrogens with zero attached hydrogens (tertiary/aromatic N) is 3. The predicted molar refractivity (Wildman–Crippen MR) is 90.5 cm³/mol. The highest BCUT2D eigenvalue weighted by molar-refractivity contribution is 7.89. The Morgan fingerprint density at radius 1 is 1.29 bits per heavy atom. The summed E-state index contributed by atoms with van der Waals surface area (Å²) in [4.78, 5) is 8.84. The van der Waals surface area contributed by atoms with E-state index in [1.807, 2.05) is 13.0 Å². The molecule has 0 aliphatic carbocycles. The number of piperidine rings is 1. The Hall–Kier alpha value is -1.99. The molecule has 3 rings (SSSR count). The molecule has 0 saturated carbocycles. The lowest BCUT2D eigenvalue weighted by atomic mass is 9.96. The van der Waals surface area contributed by atoms with Gasteiger partial charge in [0, 0.05) is 37.0 Å². The van der Waals surface area contributed by atoms with Crippen LogP contribution in [-0.2, 0) is 10.0 Å². The molecule has 1 aromatic heterocycles. The largest absolute Gasteiger partial charge is 0.497 e. The number of aryl methyl sites for hydroxylation is 1. The first-order valence-corrected chi connectivity index (χ1v) is 9.38. The minimum Gasteiger partial charge on any atom is -0.497 e. The van der Waals surface area contributed by atoms with E-state index in [4.69, 9.17) is 4.74 Å². The third kappa shape index (κ3) is 3.42. The van der Waals surface area contributed by atoms with Crippen molar-refractivity contribution in [3.8, 4) is 5.75 Å². The molecular weight excluding hydrogens is 326 g/mol. The molecule has 24 heavy (non-hydrogen) atoms. The Kier molecular flexibility index (Phi) is 4.82. The zero-order valence-corrected chi connectivity index (χ0v) is 14.7. The summed E-state index contributed by atoms with van der Waals surface area (Å²) < 4.78 is 32.6. The highest BCUT2D eigenvalue weighted by atomic mass is 32.2. The van der Waals surface area contributed by atoms with Crippen LogP contribution >= 0.6 is 0 Å². The minimum atomic E-state index is -3.54. The maximum Gasteiger partial charge on any atom is 0.243 e. The highest BCUT2D eigenvalue weighted by Crippen LogP contribution is 2.30. The van der Waals surface area contributed by atoms with Crippen molar-refractivity contribution in [1.29, 1.82) is 0 Å². The molecule has 0 spiro atoms. The van der Waals surface area contributed by atoms with Crippen LogP contribution in [0.4, 0.5) is 0 Å². The zero-order chi connectivity index (χ0) is 17.2. The SMILES string of the molecule is COc1cccc(S(=O)(=O)N2CCC[C@@H](c3ccnc(C)n3)C2)c1. The molecule has 2 aromatic rings. The summed E-state index contributed by atoms with van der Waals surface area (Å²) in [5.74, 6) is 1.34. The second kappa shape index (κ2) is 6.86. The van der Waals surface area contributed by atoms with Crippen molar-refractivity contribution < 1.29 is 13.2 Å². The van der Waals surface area contributed by atoms with E-state index < -0.39 is 10.0 Å². The average molecular weight is 347 g/mol. The highest BCUT2D eigenvalue weighted by Gasteiger charge is 2.31. The molecular formula is C17H21N3O3S. The van der Waals surface area contributed by atoms with Crippen molar-refractivity contribution in [3.05, 3.63) is 48.0 Å². The van der Waals surface area contributed by atoms with Gasteiger partial charge in [0.15, 0.2) is 0 Å². The Balaban J connectivity index is 1.85. The fourth-order valence-corrected chi connectivity index (χ4v) is 4.57. The number of benzene rings is 1. The van der Waals surface area contributed by atoms with Crippen molar-refractivity contribution in [1.82, 2.24) is 14.3 Å². The van der Waals surface area contributed by atoms with E-state index in [1.165, 1.54) is 7.11 Å². The quantitative estimate of drug-likeness (QED) is 0.849. The molecule has 6 nitrogen and oxygen atoms in total. The molecule has 0 bridgehead atoms. The van der Waals surface area contributed by atoms with Crippen LogP contribution < -0.4 is 4.74 Å². The number of methoxy groups -OCH3 is 1. The van der Waals surface area contributed by atoms with Crippen molar-refractivity contribution in [2.75, 3.05) is 20.2 Å². The number of rotatable bonds is 4. The molecule has 1 saturated heterocycles. The Labute approximate surface area is 142 Å². The lowest BCUT2D eigenvalue weighted by Gasteiger charge is -2.31. The van der Waals surface area contributed by atoms with Crippen LogP contribution in [-0.4, -0.2) is 42.9 Å². The van der Waals surface area contributed by atoms with Gasteiger partial charge in [0.2, 0.25) is 10.0 Å². The van der Waals surface area contributed by atoms with Gasteiger partial charge in [-0.2, -0.15) is 4.31 Å². The first-order valence-electron chi connectivity index (χ1n) is 7.94. The van der Waals surface area contributed by atoms with E-state index in [9.17, 15) is 8.42 Å². The lowest BCUT2D eigenvalue weighted by molar-refractivity contribution is 0.312. The molecule has 1 aliphatic heterocycles. The number of hydrogen-bond acceptors (Lipinski definition) is 5. The fourth-order valence-electron chi connectivity index (χ4n) is 3.01. The van der Waals surface area contributed by atoms with Crippen molar-refractivity contribution in [2.45, 2.75) is 30.6 Å². The predicted octanol–water partition coefficient (Wildman–Crippen LogP) is 2.36. The summed E-state index contributed by atoms with van der Waals surface area (Å²) in [6.07, 6.45) is 3.48. The van der Waals surface area contributed by atoms with Crippen LogP contribution in [0.15, 0.2) is 41.4 Å². The van der Waals surface area contributed by atoms with E-state index in [0.29, 0.717) is 24.7 Å². The Bertz CT molecular complexity index is 823. The molecule has 2 heterocycles. The molecule has 1 aromatic carbocycles. The van der Waals surface area contributed by atoms with Gasteiger partial charge in [0.05, 0.1) is 12.0 Å². The smallest absolute Gasteiger partial charge is 0.243 e. The topological polar surface area (TPSA) is 72.4 Å². The van der Waals surface area contributed by atoms with Crippen molar-refractivity contribution in [2.24, 2.45) is 0 Å². The summed E-state index contributed by atoms with van der Waals surface area (Å²) in [5.41, 5.74) is 0.910. The molecule has 1 fully saturated rings. The Morgan fingerprint density at radius 2 is 2.12 bits per heavy atom. The maximum atomic E-state index is 12.9. The van der Waals surface area contributed by atoms with Gasteiger partial charge < -0.3 is 4.74 Å². The summed E-state index contributed by atoms with van der Waals surface area (Å²) >= 11 is 0. The van der Waals surface area contributed by atoms with Gasteiger partial charge in [-0.1, -0.05) is 6.07 Å². The molecule has 0 unspecified atom stereocenters. The van der Waals surface area contributed by atoms with Gasteiger partial charge >= 0.3 is 0 Å². The van der Waals surface area contributed by atoms with E-state index in [0.717, 1.165) is 18.5 Å². The van der Waals surface area contributed by atoms with E-state index in [1.54, 1.807) is 34.8 Å². The molecule has 1 aliphatic rings. The number of hydrogen-bond donors (Lipinski definition) is 0. The van der Waals surface area contributed by atoms with E-state index >= 15 is 0 Å². The first kappa shape index (κ1) is 16.9. The second-order valence-electron chi connectivity index (χ2n) is 5.91. The van der Waals surface area contributed by atoms with Crippen molar-refractivity contribution >= 4 is 10.0 Å². The summed E-state index contributed by atoms with van der Waals surface area (Å²) in [6, 6.07) is 8.48. The third-order valence-electron chi connectivity index (χ3n) is 4.28. The summed E-state index contributed by atoms with van der Waals surface area (Å²) in [7, 11) is -2.01. The van der Waals surface area contributed by atoms with Crippen LogP contribution in [0.25, 0.3) is 0 Å². The standard InChI is InChI=1S/C17H21N3O3S/c1-13-18-9-8-17(19-13)14-5-4-10-20(12-14)24(21,22)16-7-3-6-15(11-16)23-2/h3,6-9,11,14H,4-5,10,12H2,1-2H3/t14-/m1/s1. The van der Waals surface area contributed by atoms with Gasteiger partial charge in [-0.15, -0.1) is 0 Å². The van der Waals surface area contributed by atoms with Crippen molar-refractivity contribution in [3.63, 3.8) is 0 Å². The number of ether oxygens (including phenoxy) is 1. The Morgan fingerprint density at radius 3 is 2.88 bits per heavy atom. The molecule has 0 N–H and O–H groups in total. The van der Waals surface area contributed by atoms with Gasteiger partial charge in [0.1, 0.15) is 11.6 Å². The van der Waals surface area contributed by atoms with Gasteiger partial charge in [-0.05, 0) is 38.0 Å². The zero-order valence-electron chi connectivity index (χ0n) is 13.8. The van der Waals surface area contributed by atoms with Crippen LogP contribution in [0.5, 0.6) is 5.75 Å². The van der Waals surface area contributed by atoms with E-state index in [2.05, 4.69) is 9.97 Å². The van der Waals surface area contributed by atoms with Crippen LogP contribution in [0, 0.1) is 6.92 Å². The van der Waals surface area contributed by atoms with Crippen LogP contribution in [0.1, 0.15) is 30.3 Å². The third-order valence-corrected chi connectivity index (χ3v) is 6.14. The molecule has 0 radical (unpaired) electrons. The van der Waals surface area contributed by atoms with E-state index in [-0.39, 0.29) is 10.8 Å². The lowest BCUT2D eigenvalue weighted by Crippen LogP contribution is -2.39. The molecule has 0 amide bonds. The second-order valence-corrected chi connectivity index (χ2v) is 7.85. The summed E-state index contributed by atoms with van der Waals surface area (Å²) in [5, 5.41) is 0. The fraction of sp³-hybridized carbons (Fsp3) is 0.412. The first-order chi connectivity index (χ1) is 11.5. The molecule has 7 heteroatoms. The number of sulfonamides is 1. The van der Waals surface area contributed by atoms with Gasteiger partial charge in [-0.25, -0.2) is 18.4 Å². The average Bonchev–Trinajstić information content (AvgIpc) is 2.62. The van der Waals surface area contributed by atoms with Crippen LogP contribution in [0.2, 0.25) is 0 Å². The molecule has 128 valence electrons. The molecule has 1 atom stereocenters. The van der Waals surface area contributed by atoms with Crippen LogP contribution in [0.3, 0.4) is 0 Å².